The number of primary amides is 1. The first-order valence-electron chi connectivity index (χ1n) is 6.67. The molecule has 6 heteroatoms. The third-order valence-electron chi connectivity index (χ3n) is 3.32. The lowest BCUT2D eigenvalue weighted by molar-refractivity contribution is 0.1000. The highest BCUT2D eigenvalue weighted by atomic mass is 32.1. The number of thiazole rings is 1. The van der Waals surface area contributed by atoms with Crippen LogP contribution in [0.3, 0.4) is 0 Å². The van der Waals surface area contributed by atoms with E-state index in [9.17, 15) is 4.79 Å². The van der Waals surface area contributed by atoms with Crippen molar-refractivity contribution in [2.75, 3.05) is 5.32 Å². The van der Waals surface area contributed by atoms with Crippen molar-refractivity contribution in [2.45, 2.75) is 6.92 Å². The molecule has 3 N–H and O–H groups in total. The molecule has 0 bridgehead atoms. The Hall–Kier alpha value is -2.73. The quantitative estimate of drug-likeness (QED) is 0.774. The number of nitrogens with two attached hydrogens (primary N) is 1. The number of nitrogens with zero attached hydrogens (tertiary/aromatic N) is 2. The van der Waals surface area contributed by atoms with Crippen LogP contribution in [0.1, 0.15) is 15.9 Å². The Balaban J connectivity index is 1.87. The number of aromatic nitrogens is 2. The van der Waals surface area contributed by atoms with E-state index >= 15 is 0 Å². The van der Waals surface area contributed by atoms with Gasteiger partial charge in [0.1, 0.15) is 0 Å². The number of anilines is 2. The van der Waals surface area contributed by atoms with Gasteiger partial charge in [-0.3, -0.25) is 9.78 Å². The summed E-state index contributed by atoms with van der Waals surface area (Å²) in [5, 5.41) is 5.98. The van der Waals surface area contributed by atoms with Gasteiger partial charge in [-0.25, -0.2) is 4.98 Å². The Morgan fingerprint density at radius 1 is 1.23 bits per heavy atom. The molecule has 0 aliphatic carbocycles. The Bertz CT molecular complexity index is 814. The molecule has 0 unspecified atom stereocenters. The molecule has 3 aromatic rings. The van der Waals surface area contributed by atoms with Gasteiger partial charge in [0.15, 0.2) is 5.13 Å². The summed E-state index contributed by atoms with van der Waals surface area (Å²) in [7, 11) is 0. The van der Waals surface area contributed by atoms with Crippen LogP contribution in [0.15, 0.2) is 48.1 Å². The van der Waals surface area contributed by atoms with Crippen LogP contribution in [0.2, 0.25) is 0 Å². The fourth-order valence-corrected chi connectivity index (χ4v) is 2.87. The molecule has 5 nitrogen and oxygen atoms in total. The van der Waals surface area contributed by atoms with E-state index in [1.165, 1.54) is 11.3 Å². The zero-order valence-electron chi connectivity index (χ0n) is 11.9. The van der Waals surface area contributed by atoms with Crippen molar-refractivity contribution >= 4 is 28.1 Å². The highest BCUT2D eigenvalue weighted by Crippen LogP contribution is 2.28. The van der Waals surface area contributed by atoms with Crippen molar-refractivity contribution in [1.29, 1.82) is 0 Å². The van der Waals surface area contributed by atoms with Crippen LogP contribution in [-0.2, 0) is 0 Å². The maximum atomic E-state index is 11.4. The van der Waals surface area contributed by atoms with Gasteiger partial charge in [-0.05, 0) is 36.8 Å². The molecule has 110 valence electrons. The van der Waals surface area contributed by atoms with Gasteiger partial charge in [0, 0.05) is 34.6 Å². The molecule has 22 heavy (non-hydrogen) atoms. The molecule has 0 fully saturated rings. The number of carbonyl (C=O) groups excluding carboxylic acids is 1. The van der Waals surface area contributed by atoms with Crippen molar-refractivity contribution in [3.63, 3.8) is 0 Å². The first kappa shape index (κ1) is 14.2. The summed E-state index contributed by atoms with van der Waals surface area (Å²) in [5.74, 6) is -0.433. The van der Waals surface area contributed by atoms with E-state index in [2.05, 4.69) is 15.3 Å². The van der Waals surface area contributed by atoms with E-state index in [1.54, 1.807) is 24.5 Å². The average Bonchev–Trinajstić information content (AvgIpc) is 2.98. The number of carbonyl (C=O) groups is 1. The molecular formula is C16H14N4OS. The highest BCUT2D eigenvalue weighted by Gasteiger charge is 2.10. The minimum Gasteiger partial charge on any atom is -0.366 e. The molecule has 1 amide bonds. The van der Waals surface area contributed by atoms with Crippen molar-refractivity contribution in [1.82, 2.24) is 9.97 Å². The number of rotatable bonds is 4. The summed E-state index contributed by atoms with van der Waals surface area (Å²) < 4.78 is 0. The summed E-state index contributed by atoms with van der Waals surface area (Å²) in [4.78, 5) is 19.9. The van der Waals surface area contributed by atoms with Crippen LogP contribution in [-0.4, -0.2) is 15.9 Å². The van der Waals surface area contributed by atoms with Crippen LogP contribution >= 0.6 is 11.3 Å². The summed E-state index contributed by atoms with van der Waals surface area (Å²) >= 11 is 1.50. The zero-order valence-corrected chi connectivity index (χ0v) is 12.7. The van der Waals surface area contributed by atoms with Crippen molar-refractivity contribution in [3.8, 4) is 11.3 Å². The molecule has 1 aromatic carbocycles. The Morgan fingerprint density at radius 3 is 2.73 bits per heavy atom. The topological polar surface area (TPSA) is 80.9 Å². The second kappa shape index (κ2) is 5.95. The number of nitrogens with one attached hydrogen (secondary N) is 1. The molecule has 2 heterocycles. The van der Waals surface area contributed by atoms with E-state index < -0.39 is 5.91 Å². The SMILES string of the molecule is Cc1c(Nc2nc(-c3ccncc3)cs2)cccc1C(N)=O. The van der Waals surface area contributed by atoms with Crippen molar-refractivity contribution in [3.05, 3.63) is 59.2 Å². The second-order valence-corrected chi connectivity index (χ2v) is 5.60. The van der Waals surface area contributed by atoms with E-state index in [0.29, 0.717) is 5.56 Å². The van der Waals surface area contributed by atoms with E-state index in [0.717, 1.165) is 27.6 Å². The minimum absolute atomic E-state index is 0.433. The second-order valence-electron chi connectivity index (χ2n) is 4.74. The predicted octanol–water partition coefficient (Wildman–Crippen LogP) is 3.36. The summed E-state index contributed by atoms with van der Waals surface area (Å²) in [5.41, 5.74) is 9.43. The number of amides is 1. The lowest BCUT2D eigenvalue weighted by atomic mass is 10.1. The molecule has 0 saturated carbocycles. The summed E-state index contributed by atoms with van der Waals surface area (Å²) in [6.07, 6.45) is 3.48. The summed E-state index contributed by atoms with van der Waals surface area (Å²) in [6.45, 7) is 1.86. The Labute approximate surface area is 131 Å². The largest absolute Gasteiger partial charge is 0.366 e. The van der Waals surface area contributed by atoms with Gasteiger partial charge in [-0.1, -0.05) is 6.07 Å². The molecule has 3 rings (SSSR count). The van der Waals surface area contributed by atoms with E-state index in [1.807, 2.05) is 30.5 Å². The average molecular weight is 310 g/mol. The number of hydrogen-bond acceptors (Lipinski definition) is 5. The first-order valence-corrected chi connectivity index (χ1v) is 7.55. The van der Waals surface area contributed by atoms with E-state index in [-0.39, 0.29) is 0 Å². The first-order chi connectivity index (χ1) is 10.6. The molecular weight excluding hydrogens is 296 g/mol. The van der Waals surface area contributed by atoms with Gasteiger partial charge < -0.3 is 11.1 Å². The van der Waals surface area contributed by atoms with E-state index in [4.69, 9.17) is 5.73 Å². The molecule has 0 atom stereocenters. The number of hydrogen-bond donors (Lipinski definition) is 2. The van der Waals surface area contributed by atoms with Gasteiger partial charge in [-0.2, -0.15) is 0 Å². The molecule has 2 aromatic heterocycles. The highest BCUT2D eigenvalue weighted by molar-refractivity contribution is 7.14. The maximum absolute atomic E-state index is 11.4. The molecule has 0 radical (unpaired) electrons. The summed E-state index contributed by atoms with van der Waals surface area (Å²) in [6, 6.07) is 9.24. The van der Waals surface area contributed by atoms with Gasteiger partial charge in [0.2, 0.25) is 5.91 Å². The van der Waals surface area contributed by atoms with Crippen LogP contribution in [0.5, 0.6) is 0 Å². The normalized spacial score (nSPS) is 10.4. The minimum atomic E-state index is -0.433. The van der Waals surface area contributed by atoms with Gasteiger partial charge >= 0.3 is 0 Å². The fourth-order valence-electron chi connectivity index (χ4n) is 2.14. The monoisotopic (exact) mass is 310 g/mol. The molecule has 0 saturated heterocycles. The van der Waals surface area contributed by atoms with Crippen molar-refractivity contribution < 1.29 is 4.79 Å². The van der Waals surface area contributed by atoms with Crippen molar-refractivity contribution in [2.24, 2.45) is 5.73 Å². The third kappa shape index (κ3) is 2.82. The van der Waals surface area contributed by atoms with Crippen LogP contribution in [0.25, 0.3) is 11.3 Å². The number of pyridine rings is 1. The van der Waals surface area contributed by atoms with Crippen LogP contribution < -0.4 is 11.1 Å². The molecule has 0 aliphatic heterocycles. The number of benzene rings is 1. The lowest BCUT2D eigenvalue weighted by Gasteiger charge is -2.09. The fraction of sp³-hybridized carbons (Fsp3) is 0.0625. The zero-order chi connectivity index (χ0) is 15.5. The van der Waals surface area contributed by atoms with Gasteiger partial charge in [0.05, 0.1) is 5.69 Å². The van der Waals surface area contributed by atoms with Gasteiger partial charge in [-0.15, -0.1) is 11.3 Å². The predicted molar refractivity (Wildman–Crippen MR) is 88.3 cm³/mol. The lowest BCUT2D eigenvalue weighted by Crippen LogP contribution is -2.13. The Kier molecular flexibility index (Phi) is 3.84. The molecule has 0 aliphatic rings. The van der Waals surface area contributed by atoms with Crippen LogP contribution in [0.4, 0.5) is 10.8 Å². The van der Waals surface area contributed by atoms with Crippen LogP contribution in [0, 0.1) is 6.92 Å². The molecule has 0 spiro atoms. The maximum Gasteiger partial charge on any atom is 0.249 e. The third-order valence-corrected chi connectivity index (χ3v) is 4.08. The van der Waals surface area contributed by atoms with Gasteiger partial charge in [0.25, 0.3) is 0 Å². The standard InChI is InChI=1S/C16H14N4OS/c1-10-12(15(17)21)3-2-4-13(10)19-16-20-14(9-22-16)11-5-7-18-8-6-11/h2-9H,1H3,(H2,17,21)(H,19,20). The smallest absolute Gasteiger partial charge is 0.249 e. The Morgan fingerprint density at radius 2 is 2.00 bits per heavy atom.